The molecule has 0 fully saturated rings. The second-order valence-corrected chi connectivity index (χ2v) is 4.98. The largest absolute Gasteiger partial charge is 0.486 e. The van der Waals surface area contributed by atoms with E-state index >= 15 is 0 Å². The molecule has 0 bridgehead atoms. The highest BCUT2D eigenvalue weighted by Gasteiger charge is 2.12. The minimum Gasteiger partial charge on any atom is -0.486 e. The Labute approximate surface area is 128 Å². The molecule has 0 radical (unpaired) electrons. The molecule has 1 aliphatic heterocycles. The summed E-state index contributed by atoms with van der Waals surface area (Å²) in [6, 6.07) is 9.03. The maximum atomic E-state index is 11.9. The Kier molecular flexibility index (Phi) is 4.14. The first-order valence-corrected chi connectivity index (χ1v) is 7.14. The fourth-order valence-corrected chi connectivity index (χ4v) is 2.21. The lowest BCUT2D eigenvalue weighted by Crippen LogP contribution is -2.24. The van der Waals surface area contributed by atoms with Crippen LogP contribution in [0.5, 0.6) is 11.5 Å². The number of ether oxygens (including phenoxy) is 2. The number of hydrogen-bond donors (Lipinski definition) is 1. The van der Waals surface area contributed by atoms with Gasteiger partial charge in [0.1, 0.15) is 19.0 Å². The van der Waals surface area contributed by atoms with E-state index in [2.05, 4.69) is 5.32 Å². The molecule has 114 valence electrons. The van der Waals surface area contributed by atoms with Crippen LogP contribution < -0.4 is 14.8 Å². The number of carbonyl (C=O) groups excluding carboxylic acids is 1. The summed E-state index contributed by atoms with van der Waals surface area (Å²) in [5, 5.41) is 2.84. The Bertz CT molecular complexity index is 676. The number of nitrogens with one attached hydrogen (secondary N) is 1. The zero-order valence-electron chi connectivity index (χ0n) is 12.2. The van der Waals surface area contributed by atoms with Gasteiger partial charge in [0.25, 0.3) is 0 Å². The number of furan rings is 1. The zero-order chi connectivity index (χ0) is 15.4. The highest BCUT2D eigenvalue weighted by molar-refractivity contribution is 5.92. The van der Waals surface area contributed by atoms with Crippen LogP contribution in [0, 0.1) is 0 Å². The summed E-state index contributed by atoms with van der Waals surface area (Å²) >= 11 is 0. The lowest BCUT2D eigenvalue weighted by Gasteiger charge is -2.18. The minimum atomic E-state index is -0.182. The number of rotatable bonds is 4. The number of benzene rings is 1. The molecule has 5 heteroatoms. The summed E-state index contributed by atoms with van der Waals surface area (Å²) < 4.78 is 16.2. The normalized spacial score (nSPS) is 14.8. The summed E-state index contributed by atoms with van der Waals surface area (Å²) in [6.45, 7) is 2.98. The van der Waals surface area contributed by atoms with Gasteiger partial charge in [-0.1, -0.05) is 6.07 Å². The van der Waals surface area contributed by atoms with Crippen molar-refractivity contribution in [3.63, 3.8) is 0 Å². The highest BCUT2D eigenvalue weighted by Crippen LogP contribution is 2.31. The van der Waals surface area contributed by atoms with Gasteiger partial charge in [-0.05, 0) is 42.8 Å². The Balaban J connectivity index is 1.62. The van der Waals surface area contributed by atoms with Gasteiger partial charge in [0.2, 0.25) is 5.91 Å². The van der Waals surface area contributed by atoms with Gasteiger partial charge in [-0.3, -0.25) is 4.79 Å². The molecule has 0 aliphatic carbocycles. The van der Waals surface area contributed by atoms with Crippen LogP contribution in [0.4, 0.5) is 0 Å². The molecule has 22 heavy (non-hydrogen) atoms. The molecule has 1 amide bonds. The molecule has 1 aromatic carbocycles. The van der Waals surface area contributed by atoms with E-state index in [0.29, 0.717) is 19.0 Å². The molecule has 3 rings (SSSR count). The Morgan fingerprint density at radius 3 is 2.82 bits per heavy atom. The second kappa shape index (κ2) is 6.39. The maximum absolute atomic E-state index is 11.9. The first-order chi connectivity index (χ1) is 10.7. The molecule has 1 aromatic heterocycles. The lowest BCUT2D eigenvalue weighted by molar-refractivity contribution is -0.117. The number of carbonyl (C=O) groups is 1. The molecule has 1 aliphatic rings. The van der Waals surface area contributed by atoms with Crippen LogP contribution in [-0.4, -0.2) is 19.1 Å². The zero-order valence-corrected chi connectivity index (χ0v) is 12.2. The van der Waals surface area contributed by atoms with Crippen molar-refractivity contribution in [3.8, 4) is 11.5 Å². The van der Waals surface area contributed by atoms with Crippen molar-refractivity contribution in [1.29, 1.82) is 0 Å². The summed E-state index contributed by atoms with van der Waals surface area (Å²) in [5.74, 6) is 1.98. The van der Waals surface area contributed by atoms with Gasteiger partial charge in [-0.2, -0.15) is 0 Å². The first-order valence-electron chi connectivity index (χ1n) is 7.14. The van der Waals surface area contributed by atoms with E-state index in [-0.39, 0.29) is 11.9 Å². The number of amides is 1. The van der Waals surface area contributed by atoms with E-state index in [1.54, 1.807) is 18.4 Å². The van der Waals surface area contributed by atoms with Crippen molar-refractivity contribution in [2.75, 3.05) is 13.2 Å². The molecule has 0 saturated carbocycles. The predicted molar refractivity (Wildman–Crippen MR) is 81.7 cm³/mol. The molecule has 0 saturated heterocycles. The van der Waals surface area contributed by atoms with Crippen molar-refractivity contribution in [2.45, 2.75) is 13.0 Å². The van der Waals surface area contributed by atoms with Crippen LogP contribution in [0.15, 0.2) is 47.1 Å². The Morgan fingerprint density at radius 2 is 2.05 bits per heavy atom. The maximum Gasteiger partial charge on any atom is 0.244 e. The van der Waals surface area contributed by atoms with E-state index in [4.69, 9.17) is 13.9 Å². The van der Waals surface area contributed by atoms with Gasteiger partial charge in [-0.25, -0.2) is 0 Å². The Hall–Kier alpha value is -2.69. The highest BCUT2D eigenvalue weighted by atomic mass is 16.6. The molecule has 5 nitrogen and oxygen atoms in total. The fourth-order valence-electron chi connectivity index (χ4n) is 2.21. The van der Waals surface area contributed by atoms with E-state index in [1.807, 2.05) is 31.2 Å². The summed E-state index contributed by atoms with van der Waals surface area (Å²) in [5.41, 5.74) is 0.880. The number of fused-ring (bicyclic) bond motifs is 1. The molecule has 1 atom stereocenters. The Morgan fingerprint density at radius 1 is 1.23 bits per heavy atom. The van der Waals surface area contributed by atoms with Crippen molar-refractivity contribution in [3.05, 3.63) is 54.0 Å². The third-order valence-corrected chi connectivity index (χ3v) is 3.32. The molecular weight excluding hydrogens is 282 g/mol. The monoisotopic (exact) mass is 299 g/mol. The molecular formula is C17H17NO4. The molecule has 2 aromatic rings. The van der Waals surface area contributed by atoms with Gasteiger partial charge < -0.3 is 19.2 Å². The molecule has 0 spiro atoms. The summed E-state index contributed by atoms with van der Waals surface area (Å²) in [6.07, 6.45) is 4.82. The van der Waals surface area contributed by atoms with Crippen LogP contribution in [0.25, 0.3) is 6.08 Å². The minimum absolute atomic E-state index is 0.174. The van der Waals surface area contributed by atoms with E-state index in [1.165, 1.54) is 6.08 Å². The smallest absolute Gasteiger partial charge is 0.244 e. The lowest BCUT2D eigenvalue weighted by atomic mass is 10.1. The topological polar surface area (TPSA) is 60.7 Å². The first kappa shape index (κ1) is 14.3. The second-order valence-electron chi connectivity index (χ2n) is 4.98. The van der Waals surface area contributed by atoms with Crippen LogP contribution in [-0.2, 0) is 4.79 Å². The number of hydrogen-bond acceptors (Lipinski definition) is 4. The SMILES string of the molecule is C[C@@H](NC(=O)/C=C/c1ccc2c(c1)OCCO2)c1ccco1. The van der Waals surface area contributed by atoms with E-state index in [9.17, 15) is 4.79 Å². The van der Waals surface area contributed by atoms with Gasteiger partial charge >= 0.3 is 0 Å². The molecule has 1 N–H and O–H groups in total. The van der Waals surface area contributed by atoms with Gasteiger partial charge in [0.15, 0.2) is 11.5 Å². The van der Waals surface area contributed by atoms with Crippen LogP contribution in [0.2, 0.25) is 0 Å². The van der Waals surface area contributed by atoms with Crippen molar-refractivity contribution in [2.24, 2.45) is 0 Å². The quantitative estimate of drug-likeness (QED) is 0.882. The van der Waals surface area contributed by atoms with Gasteiger partial charge in [0.05, 0.1) is 12.3 Å². The summed E-state index contributed by atoms with van der Waals surface area (Å²) in [4.78, 5) is 11.9. The van der Waals surface area contributed by atoms with Crippen LogP contribution in [0.3, 0.4) is 0 Å². The van der Waals surface area contributed by atoms with Gasteiger partial charge in [0, 0.05) is 6.08 Å². The third kappa shape index (κ3) is 3.31. The van der Waals surface area contributed by atoms with Crippen LogP contribution >= 0.6 is 0 Å². The molecule has 2 heterocycles. The third-order valence-electron chi connectivity index (χ3n) is 3.32. The average molecular weight is 299 g/mol. The van der Waals surface area contributed by atoms with Crippen molar-refractivity contribution in [1.82, 2.24) is 5.32 Å². The van der Waals surface area contributed by atoms with E-state index < -0.39 is 0 Å². The van der Waals surface area contributed by atoms with E-state index in [0.717, 1.165) is 17.1 Å². The van der Waals surface area contributed by atoms with Crippen molar-refractivity contribution >= 4 is 12.0 Å². The molecule has 0 unspecified atom stereocenters. The fraction of sp³-hybridized carbons (Fsp3) is 0.235. The van der Waals surface area contributed by atoms with Gasteiger partial charge in [-0.15, -0.1) is 0 Å². The van der Waals surface area contributed by atoms with Crippen molar-refractivity contribution < 1.29 is 18.7 Å². The van der Waals surface area contributed by atoms with Crippen LogP contribution in [0.1, 0.15) is 24.3 Å². The predicted octanol–water partition coefficient (Wildman–Crippen LogP) is 2.94. The average Bonchev–Trinajstić information content (AvgIpc) is 3.07. The summed E-state index contributed by atoms with van der Waals surface area (Å²) in [7, 11) is 0. The standard InChI is InChI=1S/C17H17NO4/c1-12(14-3-2-8-20-14)18-17(19)7-5-13-4-6-15-16(11-13)22-10-9-21-15/h2-8,11-12H,9-10H2,1H3,(H,18,19)/b7-5+/t12-/m1/s1.